The number of aliphatic carboxylic acids is 1. The highest BCUT2D eigenvalue weighted by molar-refractivity contribution is 5.98. The van der Waals surface area contributed by atoms with E-state index in [1.165, 1.54) is 59.5 Å². The molecule has 123 heavy (non-hydrogen) atoms. The molecule has 0 radical (unpaired) electrons. The van der Waals surface area contributed by atoms with Gasteiger partial charge in [-0.2, -0.15) is 0 Å². The second-order valence-electron chi connectivity index (χ2n) is 38.1. The molecule has 0 unspecified atom stereocenters. The number of esters is 2. The molecule has 4 aromatic carbocycles. The number of carbonyl (C=O) groups is 12. The minimum absolute atomic E-state index is 0.00588. The van der Waals surface area contributed by atoms with Gasteiger partial charge >= 0.3 is 30.1 Å². The van der Waals surface area contributed by atoms with Gasteiger partial charge in [0.1, 0.15) is 76.1 Å². The number of nitrogens with two attached hydrogens (primary N) is 1. The molecule has 4 heterocycles. The molecule has 0 bridgehead atoms. The fraction of sp³-hybridized carbons (Fsp3) is 0.596. The predicted molar refractivity (Wildman–Crippen MR) is 456 cm³/mol. The Balaban J connectivity index is 1.08. The van der Waals surface area contributed by atoms with Gasteiger partial charge in [0, 0.05) is 52.5 Å². The molecule has 0 spiro atoms. The molecule has 0 saturated carbocycles. The highest BCUT2D eigenvalue weighted by Gasteiger charge is 2.51. The van der Waals surface area contributed by atoms with Crippen molar-refractivity contribution in [3.05, 3.63) is 120 Å². The van der Waals surface area contributed by atoms with Crippen LogP contribution in [0, 0.1) is 16.7 Å². The minimum Gasteiger partial charge on any atom is -0.480 e. The van der Waals surface area contributed by atoms with E-state index >= 15 is 24.0 Å². The lowest BCUT2D eigenvalue weighted by atomic mass is 9.85. The van der Waals surface area contributed by atoms with Crippen LogP contribution in [0.5, 0.6) is 0 Å². The van der Waals surface area contributed by atoms with Gasteiger partial charge in [0.15, 0.2) is 17.9 Å². The van der Waals surface area contributed by atoms with E-state index in [0.717, 1.165) is 31.3 Å². The van der Waals surface area contributed by atoms with E-state index in [1.54, 1.807) is 131 Å². The molecule has 0 aliphatic carbocycles. The number of carbonyl (C=O) groups excluding carboxylic acids is 11. The highest BCUT2D eigenvalue weighted by atomic mass is 16.6. The maximum Gasteiger partial charge on any atom is 0.410 e. The van der Waals surface area contributed by atoms with Crippen molar-refractivity contribution in [2.24, 2.45) is 22.5 Å². The third-order valence-corrected chi connectivity index (χ3v) is 21.1. The number of hydrogen-bond acceptors (Lipinski definition) is 23. The van der Waals surface area contributed by atoms with Crippen LogP contribution in [0.4, 0.5) is 9.59 Å². The summed E-state index contributed by atoms with van der Waals surface area (Å²) < 4.78 is 38.4. The van der Waals surface area contributed by atoms with Crippen molar-refractivity contribution in [2.45, 2.75) is 286 Å². The number of carboxylic acid groups (broad SMARTS) is 1. The average Bonchev–Trinajstić information content (AvgIpc) is 1.66. The zero-order valence-electron chi connectivity index (χ0n) is 75.2. The zero-order chi connectivity index (χ0) is 91.3. The van der Waals surface area contributed by atoms with Crippen LogP contribution in [0.3, 0.4) is 0 Å². The summed E-state index contributed by atoms with van der Waals surface area (Å²) in [5, 5.41) is 42.9. The van der Waals surface area contributed by atoms with Gasteiger partial charge in [-0.05, 0) is 179 Å². The number of ether oxygens (including phenoxy) is 6. The van der Waals surface area contributed by atoms with Crippen molar-refractivity contribution in [1.82, 2.24) is 70.9 Å². The van der Waals surface area contributed by atoms with Crippen LogP contribution in [-0.4, -0.2) is 243 Å². The number of benzene rings is 4. The Morgan fingerprint density at radius 2 is 0.911 bits per heavy atom. The first-order valence-electron chi connectivity index (χ1n) is 41.8. The smallest absolute Gasteiger partial charge is 0.410 e. The van der Waals surface area contributed by atoms with Crippen molar-refractivity contribution in [3.8, 4) is 0 Å². The fourth-order valence-electron chi connectivity index (χ4n) is 14.4. The van der Waals surface area contributed by atoms with Crippen LogP contribution in [0.1, 0.15) is 205 Å². The first-order valence-corrected chi connectivity index (χ1v) is 41.8. The topological polar surface area (TPSA) is 429 Å². The van der Waals surface area contributed by atoms with E-state index in [9.17, 15) is 38.7 Å². The SMILES string of the molecule is C[C@@H](C(=O)N[C@H](C(=O)N1CC[C@H](OCc2cn([C@@H](CCN)C(=O)OC(C)(C)C)nn2)[C@H]1C(=O)C[C@@H](Cc1ccc2ccccc2c1)C(=O)NCC[C@@H](C(=O)OC(C)(C)C)n1cc(CO[C@H]2CCN(C(=O)[C@@H](NC(=O)[C@H](C)N(C)C(=O)OC(C)(C)C)C(C)(C)C)[C@@H]2C(=O)N[C@@H](Cc2ccc3ccccc3c2)C(=O)O)nn1)C(C)(C)C)N(C)C(=O)OC(C)(C)C. The summed E-state index contributed by atoms with van der Waals surface area (Å²) in [6.45, 7) is 32.7. The van der Waals surface area contributed by atoms with Crippen molar-refractivity contribution < 1.29 is 91.1 Å². The van der Waals surface area contributed by atoms with E-state index in [-0.39, 0.29) is 89.3 Å². The summed E-state index contributed by atoms with van der Waals surface area (Å²) in [7, 11) is 2.79. The molecule has 2 aromatic heterocycles. The Bertz CT molecular complexity index is 4770. The lowest BCUT2D eigenvalue weighted by molar-refractivity contribution is -0.160. The third kappa shape index (κ3) is 27.2. The van der Waals surface area contributed by atoms with Gasteiger partial charge in [-0.15, -0.1) is 10.2 Å². The fourth-order valence-corrected chi connectivity index (χ4v) is 14.4. The number of likely N-dealkylation sites (tertiary alicyclic amines) is 2. The number of rotatable bonds is 34. The van der Waals surface area contributed by atoms with E-state index in [2.05, 4.69) is 41.9 Å². The van der Waals surface area contributed by atoms with Crippen molar-refractivity contribution in [2.75, 3.05) is 40.3 Å². The quantitative estimate of drug-likeness (QED) is 0.0162. The number of nitrogens with one attached hydrogen (secondary N) is 4. The monoisotopic (exact) mass is 1710 g/mol. The lowest BCUT2D eigenvalue weighted by Gasteiger charge is -2.37. The van der Waals surface area contributed by atoms with Crippen LogP contribution >= 0.6 is 0 Å². The van der Waals surface area contributed by atoms with Gasteiger partial charge in [-0.25, -0.2) is 33.3 Å². The molecule has 672 valence electrons. The number of amides is 8. The normalized spacial score (nSPS) is 17.9. The maximum absolute atomic E-state index is 15.8. The van der Waals surface area contributed by atoms with Crippen molar-refractivity contribution in [3.63, 3.8) is 0 Å². The molecular weight excluding hydrogens is 1580 g/mol. The number of likely N-dealkylation sites (N-methyl/N-ethyl adjacent to an activating group) is 2. The summed E-state index contributed by atoms with van der Waals surface area (Å²) in [4.78, 5) is 178. The van der Waals surface area contributed by atoms with E-state index < -0.39 is 183 Å². The second kappa shape index (κ2) is 40.5. The summed E-state index contributed by atoms with van der Waals surface area (Å²) in [5.74, 6) is -8.68. The molecule has 34 nitrogen and oxygen atoms in total. The van der Waals surface area contributed by atoms with Crippen LogP contribution in [0.2, 0.25) is 0 Å². The Morgan fingerprint density at radius 1 is 0.512 bits per heavy atom. The van der Waals surface area contributed by atoms with Crippen LogP contribution in [0.15, 0.2) is 97.3 Å². The molecule has 2 aliphatic heterocycles. The van der Waals surface area contributed by atoms with Crippen molar-refractivity contribution in [1.29, 1.82) is 0 Å². The summed E-state index contributed by atoms with van der Waals surface area (Å²) in [5.41, 5.74) is 1.94. The van der Waals surface area contributed by atoms with Gasteiger partial charge in [0.2, 0.25) is 35.4 Å². The Hall–Kier alpha value is -11.0. The second-order valence-corrected chi connectivity index (χ2v) is 38.1. The Morgan fingerprint density at radius 3 is 1.32 bits per heavy atom. The van der Waals surface area contributed by atoms with E-state index in [4.69, 9.17) is 34.2 Å². The van der Waals surface area contributed by atoms with Gasteiger partial charge in [0.05, 0.1) is 37.8 Å². The molecule has 8 amide bonds. The Kier molecular flexibility index (Phi) is 32.1. The number of aromatic nitrogens is 6. The summed E-state index contributed by atoms with van der Waals surface area (Å²) >= 11 is 0. The number of hydrogen-bond donors (Lipinski definition) is 6. The lowest BCUT2D eigenvalue weighted by Crippen LogP contribution is -2.62. The maximum atomic E-state index is 15.8. The molecule has 6 aromatic rings. The van der Waals surface area contributed by atoms with E-state index in [0.29, 0.717) is 11.1 Å². The molecule has 2 saturated heterocycles. The standard InChI is InChI=1S/C89H127N15O19/c1-52(99(21)82(116)122-88(15,16)17)73(106)93-71(84(3,4)5)77(110)101-41-37-67(118-50-61-48-103(97-95-61)64(35-39-90)80(114)120-86(9,10)11)69(101)66(105)47-60(45-54-31-33-56-27-23-25-29-58(56)43-54)75(108)91-40-36-65(81(115)121-87(12,13)14)104-49-62(96-98-104)51-119-68-38-42-102(78(111)72(85(6,7)8)94-74(107)53(2)100(22)83(117)123-89(18,19)20)70(68)76(109)92-63(79(112)113)46-55-32-34-57-28-24-26-30-59(57)44-55/h23-34,43-44,48-49,52-53,60,63-65,67-72H,35-42,45-47,50-51,90H2,1-22H3,(H,91,108)(H,92,109)(H,93,106)(H,94,107)(H,112,113)/t52-,53-,60+,63-,64-,65-,67-,68-,69+,70-,71+,72+/m0/s1. The highest BCUT2D eigenvalue weighted by Crippen LogP contribution is 2.34. The average molecular weight is 1710 g/mol. The van der Waals surface area contributed by atoms with Crippen molar-refractivity contribution >= 4 is 92.9 Å². The summed E-state index contributed by atoms with van der Waals surface area (Å²) in [6.07, 6.45) is -1.34. The minimum atomic E-state index is -1.51. The molecule has 12 atom stereocenters. The number of ketones is 1. The molecule has 2 fully saturated rings. The summed E-state index contributed by atoms with van der Waals surface area (Å²) in [6, 6.07) is 14.7. The van der Waals surface area contributed by atoms with Gasteiger partial charge in [0.25, 0.3) is 0 Å². The van der Waals surface area contributed by atoms with Crippen LogP contribution in [-0.2, 0) is 102 Å². The predicted octanol–water partition coefficient (Wildman–Crippen LogP) is 8.67. The largest absolute Gasteiger partial charge is 0.480 e. The Labute approximate surface area is 719 Å². The number of carboxylic acids is 1. The molecule has 2 aliphatic rings. The van der Waals surface area contributed by atoms with E-state index in [1.807, 2.05) is 78.9 Å². The molecule has 34 heteroatoms. The first kappa shape index (κ1) is 97.4. The van der Waals surface area contributed by atoms with Gasteiger partial charge in [-0.1, -0.05) is 137 Å². The zero-order valence-corrected chi connectivity index (χ0v) is 75.2. The number of nitrogens with zero attached hydrogens (tertiary/aromatic N) is 10. The number of Topliss-reactive ketones (excluding diaryl/α,β-unsaturated/α-hetero) is 1. The molecular formula is C89H127N15O19. The van der Waals surface area contributed by atoms with Gasteiger partial charge in [-0.3, -0.25) is 43.4 Å². The van der Waals surface area contributed by atoms with Crippen LogP contribution in [0.25, 0.3) is 21.5 Å². The van der Waals surface area contributed by atoms with Gasteiger partial charge < -0.3 is 70.3 Å². The molecule has 8 rings (SSSR count). The van der Waals surface area contributed by atoms with Crippen LogP contribution < -0.4 is 27.0 Å². The first-order chi connectivity index (χ1) is 57.2. The number of fused-ring (bicyclic) bond motifs is 2. The molecule has 7 N–H and O–H groups in total. The third-order valence-electron chi connectivity index (χ3n) is 21.1.